The molecule has 0 atom stereocenters. The third-order valence-electron chi connectivity index (χ3n) is 11.4. The molecule has 1 nitrogen and oxygen atoms in total. The van der Waals surface area contributed by atoms with Crippen LogP contribution in [0.4, 0.5) is 5.69 Å². The van der Waals surface area contributed by atoms with Gasteiger partial charge in [-0.2, -0.15) is 0 Å². The smallest absolute Gasteiger partial charge is 0.0625 e. The second-order valence-electron chi connectivity index (χ2n) is 14.8. The standard InChI is InChI=1S/C53H45N/c1-3-33-53(34-4-2,54-45-31-27-39(28-32-45)51-36-43-15-5-8-16-46(43)49-19-11-12-20-50(49)51)44-29-25-38(26-30-44)37-21-23-40(24-22-37)52-47-17-9-6-13-41(47)35-42-14-7-10-18-48(42)52/h5-32,35-36,54H,3-4,33-34H2,1-2H3. The first-order valence-electron chi connectivity index (χ1n) is 19.5. The monoisotopic (exact) mass is 695 g/mol. The Morgan fingerprint density at radius 2 is 0.833 bits per heavy atom. The first-order valence-corrected chi connectivity index (χ1v) is 19.5. The molecule has 0 radical (unpaired) electrons. The van der Waals surface area contributed by atoms with E-state index in [0.29, 0.717) is 0 Å². The molecule has 54 heavy (non-hydrogen) atoms. The minimum absolute atomic E-state index is 0.154. The summed E-state index contributed by atoms with van der Waals surface area (Å²) in [5, 5.41) is 14.4. The van der Waals surface area contributed by atoms with Gasteiger partial charge in [0.2, 0.25) is 0 Å². The lowest BCUT2D eigenvalue weighted by atomic mass is 9.80. The number of hydrogen-bond acceptors (Lipinski definition) is 1. The van der Waals surface area contributed by atoms with Crippen molar-refractivity contribution in [3.05, 3.63) is 188 Å². The van der Waals surface area contributed by atoms with Crippen LogP contribution in [0.5, 0.6) is 0 Å². The van der Waals surface area contributed by atoms with Crippen molar-refractivity contribution in [2.24, 2.45) is 0 Å². The molecule has 262 valence electrons. The van der Waals surface area contributed by atoms with E-state index in [0.717, 1.165) is 31.4 Å². The minimum atomic E-state index is -0.154. The summed E-state index contributed by atoms with van der Waals surface area (Å²) in [4.78, 5) is 0. The Kier molecular flexibility index (Phi) is 8.93. The second-order valence-corrected chi connectivity index (χ2v) is 14.8. The van der Waals surface area contributed by atoms with Gasteiger partial charge in [-0.05, 0) is 119 Å². The van der Waals surface area contributed by atoms with Crippen molar-refractivity contribution in [2.75, 3.05) is 5.32 Å². The van der Waals surface area contributed by atoms with E-state index >= 15 is 0 Å². The maximum Gasteiger partial charge on any atom is 0.0625 e. The summed E-state index contributed by atoms with van der Waals surface area (Å²) in [6, 6.07) is 67.2. The Bertz CT molecular complexity index is 2680. The second kappa shape index (κ2) is 14.3. The lowest BCUT2D eigenvalue weighted by Gasteiger charge is -2.37. The van der Waals surface area contributed by atoms with Crippen molar-refractivity contribution in [3.8, 4) is 33.4 Å². The van der Waals surface area contributed by atoms with Gasteiger partial charge in [0.05, 0.1) is 5.54 Å². The number of fused-ring (bicyclic) bond motifs is 5. The highest BCUT2D eigenvalue weighted by molar-refractivity contribution is 6.14. The molecule has 0 saturated heterocycles. The third kappa shape index (κ3) is 6.10. The fourth-order valence-electron chi connectivity index (χ4n) is 8.90. The van der Waals surface area contributed by atoms with Crippen LogP contribution in [0.3, 0.4) is 0 Å². The van der Waals surface area contributed by atoms with Crippen molar-refractivity contribution in [1.29, 1.82) is 0 Å². The number of rotatable bonds is 10. The molecule has 1 heteroatoms. The average molecular weight is 696 g/mol. The molecule has 0 aliphatic rings. The molecule has 0 aliphatic heterocycles. The summed E-state index contributed by atoms with van der Waals surface area (Å²) in [7, 11) is 0. The fourth-order valence-corrected chi connectivity index (χ4v) is 8.90. The quantitative estimate of drug-likeness (QED) is 0.111. The van der Waals surface area contributed by atoms with Crippen LogP contribution in [-0.4, -0.2) is 0 Å². The van der Waals surface area contributed by atoms with Crippen LogP contribution in [0.25, 0.3) is 76.5 Å². The van der Waals surface area contributed by atoms with Gasteiger partial charge in [0.25, 0.3) is 0 Å². The fraction of sp³-hybridized carbons (Fsp3) is 0.132. The molecule has 9 aromatic carbocycles. The van der Waals surface area contributed by atoms with E-state index in [1.54, 1.807) is 0 Å². The molecule has 0 unspecified atom stereocenters. The molecule has 0 heterocycles. The lowest BCUT2D eigenvalue weighted by molar-refractivity contribution is 0.406. The largest absolute Gasteiger partial charge is 0.376 e. The van der Waals surface area contributed by atoms with Gasteiger partial charge in [-0.3, -0.25) is 0 Å². The summed E-state index contributed by atoms with van der Waals surface area (Å²) in [5.74, 6) is 0. The Labute approximate surface area is 318 Å². The summed E-state index contributed by atoms with van der Waals surface area (Å²) in [5.41, 5.74) is 9.89. The summed E-state index contributed by atoms with van der Waals surface area (Å²) in [6.45, 7) is 4.60. The zero-order valence-corrected chi connectivity index (χ0v) is 31.1. The van der Waals surface area contributed by atoms with Crippen LogP contribution < -0.4 is 5.32 Å². The van der Waals surface area contributed by atoms with E-state index in [2.05, 4.69) is 201 Å². The Balaban J connectivity index is 1.01. The zero-order chi connectivity index (χ0) is 36.5. The maximum absolute atomic E-state index is 4.07. The number of nitrogens with one attached hydrogen (secondary N) is 1. The number of hydrogen-bond donors (Lipinski definition) is 1. The van der Waals surface area contributed by atoms with Crippen LogP contribution in [0, 0.1) is 0 Å². The Hall–Kier alpha value is -6.18. The molecule has 0 saturated carbocycles. The van der Waals surface area contributed by atoms with Crippen molar-refractivity contribution in [1.82, 2.24) is 0 Å². The SMILES string of the molecule is CCCC(CCC)(Nc1ccc(-c2cc3ccccc3c3ccccc23)cc1)c1ccc(-c2ccc(-c3c4ccccc4cc4ccccc34)cc2)cc1. The van der Waals surface area contributed by atoms with Gasteiger partial charge in [0, 0.05) is 5.69 Å². The predicted molar refractivity (Wildman–Crippen MR) is 234 cm³/mol. The Morgan fingerprint density at radius 1 is 0.389 bits per heavy atom. The van der Waals surface area contributed by atoms with E-state index in [1.807, 2.05) is 0 Å². The van der Waals surface area contributed by atoms with Gasteiger partial charge in [0.15, 0.2) is 0 Å². The molecular weight excluding hydrogens is 651 g/mol. The van der Waals surface area contributed by atoms with Gasteiger partial charge >= 0.3 is 0 Å². The predicted octanol–water partition coefficient (Wildman–Crippen LogP) is 15.2. The van der Waals surface area contributed by atoms with Gasteiger partial charge in [-0.25, -0.2) is 0 Å². The zero-order valence-electron chi connectivity index (χ0n) is 31.1. The van der Waals surface area contributed by atoms with Crippen LogP contribution in [0.1, 0.15) is 45.1 Å². The lowest BCUT2D eigenvalue weighted by Crippen LogP contribution is -2.35. The van der Waals surface area contributed by atoms with E-state index in [1.165, 1.54) is 82.0 Å². The molecule has 0 bridgehead atoms. The molecule has 0 spiro atoms. The van der Waals surface area contributed by atoms with Crippen LogP contribution in [0.15, 0.2) is 182 Å². The molecule has 1 N–H and O–H groups in total. The maximum atomic E-state index is 4.07. The van der Waals surface area contributed by atoms with Gasteiger partial charge in [0.1, 0.15) is 0 Å². The molecular formula is C53H45N. The van der Waals surface area contributed by atoms with Crippen LogP contribution in [0.2, 0.25) is 0 Å². The van der Waals surface area contributed by atoms with Gasteiger partial charge < -0.3 is 5.32 Å². The van der Waals surface area contributed by atoms with E-state index in [4.69, 9.17) is 0 Å². The number of anilines is 1. The van der Waals surface area contributed by atoms with E-state index in [-0.39, 0.29) is 5.54 Å². The molecule has 0 amide bonds. The third-order valence-corrected chi connectivity index (χ3v) is 11.4. The number of benzene rings is 9. The molecule has 0 aliphatic carbocycles. The molecule has 9 aromatic rings. The normalized spacial score (nSPS) is 11.8. The minimum Gasteiger partial charge on any atom is -0.376 e. The highest BCUT2D eigenvalue weighted by Crippen LogP contribution is 2.40. The highest BCUT2D eigenvalue weighted by atomic mass is 15.0. The Morgan fingerprint density at radius 3 is 1.41 bits per heavy atom. The van der Waals surface area contributed by atoms with Gasteiger partial charge in [-0.1, -0.05) is 184 Å². The first kappa shape index (κ1) is 33.6. The first-order chi connectivity index (χ1) is 26.6. The van der Waals surface area contributed by atoms with Crippen LogP contribution >= 0.6 is 0 Å². The van der Waals surface area contributed by atoms with Gasteiger partial charge in [-0.15, -0.1) is 0 Å². The molecule has 9 rings (SSSR count). The van der Waals surface area contributed by atoms with E-state index in [9.17, 15) is 0 Å². The topological polar surface area (TPSA) is 12.0 Å². The molecule has 0 fully saturated rings. The van der Waals surface area contributed by atoms with Crippen LogP contribution in [-0.2, 0) is 5.54 Å². The van der Waals surface area contributed by atoms with Crippen molar-refractivity contribution < 1.29 is 0 Å². The summed E-state index contributed by atoms with van der Waals surface area (Å²) < 4.78 is 0. The summed E-state index contributed by atoms with van der Waals surface area (Å²) >= 11 is 0. The van der Waals surface area contributed by atoms with Crippen molar-refractivity contribution >= 4 is 48.8 Å². The summed E-state index contributed by atoms with van der Waals surface area (Å²) in [6.07, 6.45) is 4.32. The van der Waals surface area contributed by atoms with E-state index < -0.39 is 0 Å². The molecule has 0 aromatic heterocycles. The average Bonchev–Trinajstić information content (AvgIpc) is 3.23. The van der Waals surface area contributed by atoms with Crippen molar-refractivity contribution in [3.63, 3.8) is 0 Å². The van der Waals surface area contributed by atoms with Crippen molar-refractivity contribution in [2.45, 2.75) is 45.1 Å². The highest BCUT2D eigenvalue weighted by Gasteiger charge is 2.30.